The smallest absolute Gasteiger partial charge is 0.159 e. The van der Waals surface area contributed by atoms with Crippen molar-refractivity contribution in [3.8, 4) is 0 Å². The number of hydrogen-bond donors (Lipinski definition) is 1. The molecule has 1 N–H and O–H groups in total. The molecule has 0 bridgehead atoms. The molecular formula is C22H42O2S. The standard InChI is InChI=1S/C22H42O2S/c1-14(2)18-10-8-16(5)12-20(18)22(7,25(23)24)21-13-17(6)9-11-19(21)15(3)4/h14-21H,8-13H2,1-7H3,(H,23,24). The molecule has 0 radical (unpaired) electrons. The van der Waals surface area contributed by atoms with Crippen molar-refractivity contribution in [1.82, 2.24) is 0 Å². The van der Waals surface area contributed by atoms with Gasteiger partial charge in [0.1, 0.15) is 0 Å². The van der Waals surface area contributed by atoms with Crippen molar-refractivity contribution in [1.29, 1.82) is 0 Å². The Balaban J connectivity index is 2.45. The van der Waals surface area contributed by atoms with Gasteiger partial charge in [-0.05, 0) is 80.0 Å². The lowest BCUT2D eigenvalue weighted by Crippen LogP contribution is -2.55. The second-order valence-electron chi connectivity index (χ2n) is 10.3. The van der Waals surface area contributed by atoms with Gasteiger partial charge in [-0.3, -0.25) is 0 Å². The van der Waals surface area contributed by atoms with E-state index in [0.29, 0.717) is 47.3 Å². The van der Waals surface area contributed by atoms with Crippen LogP contribution in [0, 0.1) is 47.3 Å². The zero-order valence-corrected chi connectivity index (χ0v) is 18.4. The number of rotatable bonds is 5. The summed E-state index contributed by atoms with van der Waals surface area (Å²) in [7, 11) is 0. The Morgan fingerprint density at radius 2 is 1.20 bits per heavy atom. The van der Waals surface area contributed by atoms with Crippen LogP contribution in [-0.4, -0.2) is 13.5 Å². The Morgan fingerprint density at radius 1 is 0.840 bits per heavy atom. The maximum atomic E-state index is 12.9. The molecular weight excluding hydrogens is 328 g/mol. The molecule has 2 rings (SSSR count). The molecule has 0 saturated heterocycles. The van der Waals surface area contributed by atoms with Crippen molar-refractivity contribution < 1.29 is 8.76 Å². The molecule has 2 aliphatic rings. The van der Waals surface area contributed by atoms with Crippen LogP contribution in [0.4, 0.5) is 0 Å². The first-order valence-corrected chi connectivity index (χ1v) is 11.8. The average molecular weight is 371 g/mol. The molecule has 0 amide bonds. The molecule has 25 heavy (non-hydrogen) atoms. The molecule has 7 unspecified atom stereocenters. The lowest BCUT2D eigenvalue weighted by Gasteiger charge is -2.53. The SMILES string of the molecule is CC1CCC(C(C)C)C(C(C)(C2CC(C)CCC2C(C)C)S(=O)O)C1. The largest absolute Gasteiger partial charge is 0.306 e. The topological polar surface area (TPSA) is 37.3 Å². The second-order valence-corrected chi connectivity index (χ2v) is 11.7. The van der Waals surface area contributed by atoms with Crippen molar-refractivity contribution in [3.63, 3.8) is 0 Å². The van der Waals surface area contributed by atoms with Crippen molar-refractivity contribution >= 4 is 11.1 Å². The summed E-state index contributed by atoms with van der Waals surface area (Å²) in [6, 6.07) is 0. The predicted molar refractivity (Wildman–Crippen MR) is 109 cm³/mol. The first kappa shape index (κ1) is 21.4. The molecule has 3 heteroatoms. The fourth-order valence-electron chi connectivity index (χ4n) is 6.26. The van der Waals surface area contributed by atoms with Crippen LogP contribution in [0.15, 0.2) is 0 Å². The van der Waals surface area contributed by atoms with E-state index in [4.69, 9.17) is 0 Å². The van der Waals surface area contributed by atoms with Crippen LogP contribution in [0.2, 0.25) is 0 Å². The molecule has 2 saturated carbocycles. The first-order valence-electron chi connectivity index (χ1n) is 10.7. The molecule has 0 aromatic carbocycles. The van der Waals surface area contributed by atoms with Crippen LogP contribution in [0.5, 0.6) is 0 Å². The fourth-order valence-corrected chi connectivity index (χ4v) is 7.32. The van der Waals surface area contributed by atoms with Gasteiger partial charge in [-0.1, -0.05) is 54.4 Å². The summed E-state index contributed by atoms with van der Waals surface area (Å²) >= 11 is -1.77. The molecule has 0 aliphatic heterocycles. The van der Waals surface area contributed by atoms with E-state index < -0.39 is 15.8 Å². The van der Waals surface area contributed by atoms with Crippen molar-refractivity contribution in [2.24, 2.45) is 47.3 Å². The summed E-state index contributed by atoms with van der Waals surface area (Å²) in [4.78, 5) is 0. The lowest BCUT2D eigenvalue weighted by molar-refractivity contribution is 0.0295. The highest BCUT2D eigenvalue weighted by molar-refractivity contribution is 7.80. The maximum absolute atomic E-state index is 12.9. The monoisotopic (exact) mass is 370 g/mol. The summed E-state index contributed by atoms with van der Waals surface area (Å²) < 4.78 is 23.0. The summed E-state index contributed by atoms with van der Waals surface area (Å²) in [5.74, 6) is 4.47. The molecule has 0 spiro atoms. The first-order chi connectivity index (χ1) is 11.6. The number of hydrogen-bond acceptors (Lipinski definition) is 1. The summed E-state index contributed by atoms with van der Waals surface area (Å²) in [6.07, 6.45) is 7.27. The highest BCUT2D eigenvalue weighted by atomic mass is 32.2. The zero-order valence-electron chi connectivity index (χ0n) is 17.6. The van der Waals surface area contributed by atoms with E-state index in [1.165, 1.54) is 25.7 Å². The average Bonchev–Trinajstić information content (AvgIpc) is 2.53. The van der Waals surface area contributed by atoms with Gasteiger partial charge in [-0.15, -0.1) is 0 Å². The van der Waals surface area contributed by atoms with Gasteiger partial charge < -0.3 is 4.55 Å². The van der Waals surface area contributed by atoms with E-state index in [1.807, 2.05) is 0 Å². The normalized spacial score (nSPS) is 40.9. The molecule has 0 aromatic heterocycles. The Bertz CT molecular complexity index is 427. The van der Waals surface area contributed by atoms with Gasteiger partial charge in [-0.2, -0.15) is 0 Å². The van der Waals surface area contributed by atoms with Gasteiger partial charge >= 0.3 is 0 Å². The van der Waals surface area contributed by atoms with Crippen LogP contribution < -0.4 is 0 Å². The molecule has 148 valence electrons. The van der Waals surface area contributed by atoms with Gasteiger partial charge in [0, 0.05) is 0 Å². The third kappa shape index (κ3) is 4.34. The van der Waals surface area contributed by atoms with Crippen LogP contribution >= 0.6 is 0 Å². The Hall–Kier alpha value is 0.110. The minimum atomic E-state index is -1.77. The highest BCUT2D eigenvalue weighted by Gasteiger charge is 2.54. The quantitative estimate of drug-likeness (QED) is 0.570. The fraction of sp³-hybridized carbons (Fsp3) is 1.00. The van der Waals surface area contributed by atoms with E-state index in [-0.39, 0.29) is 0 Å². The Labute approximate surface area is 159 Å². The van der Waals surface area contributed by atoms with Crippen LogP contribution in [-0.2, 0) is 11.1 Å². The maximum Gasteiger partial charge on any atom is 0.159 e. The summed E-state index contributed by atoms with van der Waals surface area (Å²) in [6.45, 7) is 16.1. The molecule has 2 aliphatic carbocycles. The Kier molecular flexibility index (Phi) is 7.21. The minimum Gasteiger partial charge on any atom is -0.306 e. The lowest BCUT2D eigenvalue weighted by atomic mass is 9.57. The van der Waals surface area contributed by atoms with Crippen molar-refractivity contribution in [2.45, 2.75) is 91.7 Å². The molecule has 2 nitrogen and oxygen atoms in total. The van der Waals surface area contributed by atoms with E-state index in [2.05, 4.69) is 48.5 Å². The van der Waals surface area contributed by atoms with Gasteiger partial charge in [-0.25, -0.2) is 4.21 Å². The third-order valence-electron chi connectivity index (χ3n) is 7.89. The minimum absolute atomic E-state index is 0.374. The van der Waals surface area contributed by atoms with E-state index in [0.717, 1.165) is 12.8 Å². The van der Waals surface area contributed by atoms with Crippen molar-refractivity contribution in [2.75, 3.05) is 0 Å². The third-order valence-corrected chi connectivity index (χ3v) is 9.25. The Morgan fingerprint density at radius 3 is 1.48 bits per heavy atom. The summed E-state index contributed by atoms with van der Waals surface area (Å²) in [5.41, 5.74) is 0. The molecule has 7 atom stereocenters. The van der Waals surface area contributed by atoms with Crippen LogP contribution in [0.1, 0.15) is 87.0 Å². The molecule has 0 aromatic rings. The van der Waals surface area contributed by atoms with Gasteiger partial charge in [0.2, 0.25) is 0 Å². The van der Waals surface area contributed by atoms with Crippen molar-refractivity contribution in [3.05, 3.63) is 0 Å². The van der Waals surface area contributed by atoms with E-state index in [1.54, 1.807) is 0 Å². The van der Waals surface area contributed by atoms with Crippen LogP contribution in [0.3, 0.4) is 0 Å². The van der Waals surface area contributed by atoms with Gasteiger partial charge in [0.05, 0.1) is 4.75 Å². The second kappa shape index (κ2) is 8.42. The molecule has 2 fully saturated rings. The highest BCUT2D eigenvalue weighted by Crippen LogP contribution is 2.54. The van der Waals surface area contributed by atoms with E-state index >= 15 is 0 Å². The van der Waals surface area contributed by atoms with Crippen LogP contribution in [0.25, 0.3) is 0 Å². The van der Waals surface area contributed by atoms with E-state index in [9.17, 15) is 8.76 Å². The van der Waals surface area contributed by atoms with Gasteiger partial charge in [0.15, 0.2) is 11.1 Å². The predicted octanol–water partition coefficient (Wildman–Crippen LogP) is 6.38. The van der Waals surface area contributed by atoms with Gasteiger partial charge in [0.25, 0.3) is 0 Å². The summed E-state index contributed by atoms with van der Waals surface area (Å²) in [5, 5.41) is 0. The zero-order chi connectivity index (χ0) is 18.9. The molecule has 0 heterocycles.